The zero-order chi connectivity index (χ0) is 18.2. The molecule has 0 aliphatic heterocycles. The highest BCUT2D eigenvalue weighted by atomic mass is 16.5. The van der Waals surface area contributed by atoms with E-state index < -0.39 is 0 Å². The molecule has 1 aromatic rings. The topological polar surface area (TPSA) is 63.7 Å². The number of benzene rings is 1. The number of esters is 1. The van der Waals surface area contributed by atoms with Gasteiger partial charge in [-0.1, -0.05) is 12.1 Å². The molecule has 0 saturated carbocycles. The van der Waals surface area contributed by atoms with Crippen LogP contribution in [0.3, 0.4) is 0 Å². The average molecular weight is 345 g/mol. The van der Waals surface area contributed by atoms with Crippen LogP contribution in [-0.4, -0.2) is 43.3 Å². The Labute approximate surface area is 149 Å². The van der Waals surface area contributed by atoms with Crippen LogP contribution >= 0.6 is 0 Å². The second-order valence-electron chi connectivity index (χ2n) is 6.61. The molecule has 2 rings (SSSR count). The van der Waals surface area contributed by atoms with Crippen LogP contribution in [0, 0.1) is 0 Å². The molecule has 1 aliphatic rings. The normalized spacial score (nSPS) is 13.0. The molecule has 0 bridgehead atoms. The van der Waals surface area contributed by atoms with Crippen LogP contribution in [0.2, 0.25) is 0 Å². The van der Waals surface area contributed by atoms with Crippen molar-refractivity contribution in [3.05, 3.63) is 34.9 Å². The number of hydrogen-bond acceptors (Lipinski definition) is 4. The van der Waals surface area contributed by atoms with Crippen molar-refractivity contribution in [2.75, 3.05) is 20.7 Å². The van der Waals surface area contributed by atoms with Crippen molar-refractivity contribution in [1.29, 1.82) is 0 Å². The fraction of sp³-hybridized carbons (Fsp3) is 0.550. The van der Waals surface area contributed by atoms with Crippen LogP contribution in [0.5, 0.6) is 0 Å². The predicted octanol–water partition coefficient (Wildman–Crippen LogP) is 2.94. The first-order valence-corrected chi connectivity index (χ1v) is 8.97. The largest absolute Gasteiger partial charge is 0.469 e. The number of ether oxygens (including phenoxy) is 1. The van der Waals surface area contributed by atoms with Gasteiger partial charge in [0, 0.05) is 38.4 Å². The van der Waals surface area contributed by atoms with E-state index in [-0.39, 0.29) is 30.5 Å². The molecule has 25 heavy (non-hydrogen) atoms. The number of fused-ring (bicyclic) bond motifs is 1. The number of ketones is 1. The molecule has 5 nitrogen and oxygen atoms in total. The number of rotatable bonds is 8. The number of carbonyl (C=O) groups excluding carboxylic acids is 3. The molecule has 0 fully saturated rings. The summed E-state index contributed by atoms with van der Waals surface area (Å²) < 4.78 is 4.57. The van der Waals surface area contributed by atoms with Crippen LogP contribution < -0.4 is 0 Å². The molecule has 1 amide bonds. The van der Waals surface area contributed by atoms with Crippen molar-refractivity contribution >= 4 is 17.7 Å². The summed E-state index contributed by atoms with van der Waals surface area (Å²) in [5.41, 5.74) is 3.34. The average Bonchev–Trinajstić information content (AvgIpc) is 2.64. The Kier molecular flexibility index (Phi) is 7.16. The first-order chi connectivity index (χ1) is 12.0. The number of hydrogen-bond donors (Lipinski definition) is 0. The van der Waals surface area contributed by atoms with E-state index in [4.69, 9.17) is 0 Å². The lowest BCUT2D eigenvalue weighted by atomic mass is 9.89. The minimum atomic E-state index is -0.275. The van der Waals surface area contributed by atoms with E-state index in [0.717, 1.165) is 12.8 Å². The molecule has 0 N–H and O–H groups in total. The first-order valence-electron chi connectivity index (χ1n) is 8.97. The van der Waals surface area contributed by atoms with Gasteiger partial charge in [-0.05, 0) is 49.3 Å². The van der Waals surface area contributed by atoms with Gasteiger partial charge in [-0.2, -0.15) is 0 Å². The molecule has 0 saturated heterocycles. The van der Waals surface area contributed by atoms with Crippen molar-refractivity contribution in [1.82, 2.24) is 4.90 Å². The van der Waals surface area contributed by atoms with Gasteiger partial charge in [0.15, 0.2) is 5.78 Å². The van der Waals surface area contributed by atoms with Crippen LogP contribution in [0.1, 0.15) is 60.0 Å². The molecule has 0 atom stereocenters. The number of aryl methyl sites for hydroxylation is 2. The highest BCUT2D eigenvalue weighted by molar-refractivity contribution is 5.98. The van der Waals surface area contributed by atoms with Crippen molar-refractivity contribution in [2.24, 2.45) is 0 Å². The molecular formula is C20H27NO4. The van der Waals surface area contributed by atoms with E-state index in [2.05, 4.69) is 10.8 Å². The van der Waals surface area contributed by atoms with Crippen molar-refractivity contribution in [3.63, 3.8) is 0 Å². The quantitative estimate of drug-likeness (QED) is 0.537. The van der Waals surface area contributed by atoms with Gasteiger partial charge in [-0.25, -0.2) is 0 Å². The predicted molar refractivity (Wildman–Crippen MR) is 95.5 cm³/mol. The molecular weight excluding hydrogens is 318 g/mol. The second kappa shape index (κ2) is 9.35. The van der Waals surface area contributed by atoms with E-state index in [1.165, 1.54) is 31.1 Å². The SMILES string of the molecule is COC(=O)CCCN(C)C(=O)CCC(=O)c1ccc2c(c1)CCCC2. The van der Waals surface area contributed by atoms with Gasteiger partial charge in [0.1, 0.15) is 0 Å². The molecule has 1 aromatic carbocycles. The monoisotopic (exact) mass is 345 g/mol. The number of methoxy groups -OCH3 is 1. The molecule has 0 spiro atoms. The van der Waals surface area contributed by atoms with E-state index >= 15 is 0 Å². The van der Waals surface area contributed by atoms with Gasteiger partial charge in [-0.3, -0.25) is 14.4 Å². The highest BCUT2D eigenvalue weighted by Gasteiger charge is 2.15. The lowest BCUT2D eigenvalue weighted by molar-refractivity contribution is -0.141. The number of Topliss-reactive ketones (excluding diaryl/α,β-unsaturated/α-hetero) is 1. The first kappa shape index (κ1) is 19.2. The Balaban J connectivity index is 1.79. The zero-order valence-corrected chi connectivity index (χ0v) is 15.2. The van der Waals surface area contributed by atoms with Gasteiger partial charge in [-0.15, -0.1) is 0 Å². The summed E-state index contributed by atoms with van der Waals surface area (Å²) in [5.74, 6) is -0.329. The Hall–Kier alpha value is -2.17. The molecule has 1 aliphatic carbocycles. The molecule has 0 heterocycles. The summed E-state index contributed by atoms with van der Waals surface area (Å²) in [5, 5.41) is 0. The Morgan fingerprint density at radius 3 is 2.48 bits per heavy atom. The summed E-state index contributed by atoms with van der Waals surface area (Å²) in [7, 11) is 3.05. The number of amides is 1. The van der Waals surface area contributed by atoms with Crippen LogP contribution in [0.4, 0.5) is 0 Å². The molecule has 0 aromatic heterocycles. The molecule has 5 heteroatoms. The van der Waals surface area contributed by atoms with Gasteiger partial charge >= 0.3 is 5.97 Å². The fourth-order valence-electron chi connectivity index (χ4n) is 3.15. The maximum absolute atomic E-state index is 12.4. The number of nitrogens with zero attached hydrogens (tertiary/aromatic N) is 1. The summed E-state index contributed by atoms with van der Waals surface area (Å²) in [6, 6.07) is 5.95. The lowest BCUT2D eigenvalue weighted by Crippen LogP contribution is -2.28. The summed E-state index contributed by atoms with van der Waals surface area (Å²) in [4.78, 5) is 37.1. The molecule has 136 valence electrons. The van der Waals surface area contributed by atoms with E-state index in [0.29, 0.717) is 24.9 Å². The third-order valence-corrected chi connectivity index (χ3v) is 4.76. The third kappa shape index (κ3) is 5.69. The minimum absolute atomic E-state index is 0.0182. The van der Waals surface area contributed by atoms with E-state index in [1.54, 1.807) is 11.9 Å². The number of carbonyl (C=O) groups is 3. The second-order valence-corrected chi connectivity index (χ2v) is 6.61. The lowest BCUT2D eigenvalue weighted by Gasteiger charge is -2.17. The summed E-state index contributed by atoms with van der Waals surface area (Å²) in [6.07, 6.45) is 5.81. The van der Waals surface area contributed by atoms with E-state index in [1.807, 2.05) is 12.1 Å². The van der Waals surface area contributed by atoms with E-state index in [9.17, 15) is 14.4 Å². The maximum atomic E-state index is 12.4. The van der Waals surface area contributed by atoms with Crippen LogP contribution in [0.25, 0.3) is 0 Å². The Morgan fingerprint density at radius 2 is 1.76 bits per heavy atom. The minimum Gasteiger partial charge on any atom is -0.469 e. The fourth-order valence-corrected chi connectivity index (χ4v) is 3.15. The van der Waals surface area contributed by atoms with Crippen molar-refractivity contribution in [3.8, 4) is 0 Å². The highest BCUT2D eigenvalue weighted by Crippen LogP contribution is 2.23. The van der Waals surface area contributed by atoms with Crippen LogP contribution in [0.15, 0.2) is 18.2 Å². The third-order valence-electron chi connectivity index (χ3n) is 4.76. The Morgan fingerprint density at radius 1 is 1.04 bits per heavy atom. The molecule has 0 radical (unpaired) electrons. The van der Waals surface area contributed by atoms with Gasteiger partial charge in [0.25, 0.3) is 0 Å². The summed E-state index contributed by atoms with van der Waals surface area (Å²) in [6.45, 7) is 0.487. The molecule has 0 unspecified atom stereocenters. The van der Waals surface area contributed by atoms with Gasteiger partial charge in [0.2, 0.25) is 5.91 Å². The van der Waals surface area contributed by atoms with Gasteiger partial charge in [0.05, 0.1) is 7.11 Å². The summed E-state index contributed by atoms with van der Waals surface area (Å²) >= 11 is 0. The zero-order valence-electron chi connectivity index (χ0n) is 15.2. The smallest absolute Gasteiger partial charge is 0.305 e. The Bertz CT molecular complexity index is 639. The van der Waals surface area contributed by atoms with Crippen molar-refractivity contribution in [2.45, 2.75) is 51.4 Å². The standard InChI is InChI=1S/C20H27NO4/c1-21(13-5-8-20(24)25-2)19(23)12-11-18(22)17-10-9-15-6-3-4-7-16(15)14-17/h9-10,14H,3-8,11-13H2,1-2H3. The van der Waals surface area contributed by atoms with Gasteiger partial charge < -0.3 is 9.64 Å². The van der Waals surface area contributed by atoms with Crippen LogP contribution in [-0.2, 0) is 27.2 Å². The van der Waals surface area contributed by atoms with Crippen molar-refractivity contribution < 1.29 is 19.1 Å². The maximum Gasteiger partial charge on any atom is 0.305 e.